The maximum absolute atomic E-state index is 12.0. The van der Waals surface area contributed by atoms with Gasteiger partial charge in [-0.2, -0.15) is 0 Å². The Hall–Kier alpha value is -0.400. The molecular weight excluding hydrogens is 321 g/mol. The third-order valence-electron chi connectivity index (χ3n) is 3.29. The molecule has 2 rings (SSSR count). The van der Waals surface area contributed by atoms with Gasteiger partial charge in [0, 0.05) is 13.7 Å². The zero-order valence-electron chi connectivity index (χ0n) is 11.6. The molecule has 0 bridgehead atoms. The summed E-state index contributed by atoms with van der Waals surface area (Å²) in [6.07, 6.45) is 2.15. The summed E-state index contributed by atoms with van der Waals surface area (Å²) >= 11 is 1.38. The van der Waals surface area contributed by atoms with Crippen molar-refractivity contribution in [3.63, 3.8) is 0 Å². The second-order valence-corrected chi connectivity index (χ2v) is 5.55. The zero-order valence-corrected chi connectivity index (χ0v) is 14.1. The maximum Gasteiger partial charge on any atom is 0.263 e. The lowest BCUT2D eigenvalue weighted by Gasteiger charge is -2.28. The molecule has 20 heavy (non-hydrogen) atoms. The molecule has 116 valence electrons. The molecule has 1 fully saturated rings. The molecule has 0 spiro atoms. The number of aromatic nitrogens is 1. The Labute approximate surface area is 135 Å². The van der Waals surface area contributed by atoms with Crippen molar-refractivity contribution in [3.8, 4) is 0 Å². The van der Waals surface area contributed by atoms with Gasteiger partial charge in [0.05, 0.1) is 23.4 Å². The predicted molar refractivity (Wildman–Crippen MR) is 85.5 cm³/mol. The van der Waals surface area contributed by atoms with Gasteiger partial charge in [-0.3, -0.25) is 4.79 Å². The van der Waals surface area contributed by atoms with E-state index in [1.54, 1.807) is 12.6 Å². The van der Waals surface area contributed by atoms with Gasteiger partial charge in [-0.15, -0.1) is 36.2 Å². The van der Waals surface area contributed by atoms with Gasteiger partial charge >= 0.3 is 0 Å². The van der Waals surface area contributed by atoms with E-state index in [1.807, 2.05) is 6.92 Å². The number of ether oxygens (including phenoxy) is 1. The molecule has 1 amide bonds. The van der Waals surface area contributed by atoms with Crippen LogP contribution in [0.15, 0.2) is 5.51 Å². The zero-order chi connectivity index (χ0) is 13.0. The smallest absolute Gasteiger partial charge is 0.263 e. The molecule has 1 saturated heterocycles. The Morgan fingerprint density at radius 3 is 2.85 bits per heavy atom. The van der Waals surface area contributed by atoms with Crippen molar-refractivity contribution in [3.05, 3.63) is 16.1 Å². The summed E-state index contributed by atoms with van der Waals surface area (Å²) in [7, 11) is 1.69. The first-order valence-electron chi connectivity index (χ1n) is 6.09. The summed E-state index contributed by atoms with van der Waals surface area (Å²) in [4.78, 5) is 16.8. The molecule has 1 aromatic rings. The number of rotatable bonds is 5. The highest BCUT2D eigenvalue weighted by Gasteiger charge is 2.34. The SMILES string of the molecule is COCC1(CNC(=O)c2scnc2C)CCCN1.Cl.Cl. The molecule has 1 aromatic heterocycles. The number of nitrogens with one attached hydrogen (secondary N) is 2. The van der Waals surface area contributed by atoms with Crippen LogP contribution >= 0.6 is 36.2 Å². The number of amides is 1. The quantitative estimate of drug-likeness (QED) is 0.857. The molecule has 5 nitrogen and oxygen atoms in total. The van der Waals surface area contributed by atoms with E-state index in [0.717, 1.165) is 25.1 Å². The molecule has 0 radical (unpaired) electrons. The van der Waals surface area contributed by atoms with Gasteiger partial charge in [0.1, 0.15) is 4.88 Å². The lowest BCUT2D eigenvalue weighted by molar-refractivity contribution is 0.0895. The maximum atomic E-state index is 12.0. The van der Waals surface area contributed by atoms with Gasteiger partial charge in [0.25, 0.3) is 5.91 Å². The van der Waals surface area contributed by atoms with Crippen LogP contribution in [0.3, 0.4) is 0 Å². The van der Waals surface area contributed by atoms with Crippen LogP contribution in [0.25, 0.3) is 0 Å². The first kappa shape index (κ1) is 19.6. The van der Waals surface area contributed by atoms with E-state index in [-0.39, 0.29) is 36.3 Å². The highest BCUT2D eigenvalue weighted by molar-refractivity contribution is 7.11. The number of aryl methyl sites for hydroxylation is 1. The van der Waals surface area contributed by atoms with Crippen molar-refractivity contribution in [1.82, 2.24) is 15.6 Å². The number of thiazole rings is 1. The van der Waals surface area contributed by atoms with Crippen molar-refractivity contribution >= 4 is 42.1 Å². The van der Waals surface area contributed by atoms with Crippen molar-refractivity contribution in [2.24, 2.45) is 0 Å². The number of nitrogens with zero attached hydrogens (tertiary/aromatic N) is 1. The van der Waals surface area contributed by atoms with Crippen molar-refractivity contribution in [2.45, 2.75) is 25.3 Å². The van der Waals surface area contributed by atoms with Gasteiger partial charge in [0.2, 0.25) is 0 Å². The van der Waals surface area contributed by atoms with Crippen LogP contribution in [0.4, 0.5) is 0 Å². The second-order valence-electron chi connectivity index (χ2n) is 4.69. The number of carbonyl (C=O) groups excluding carboxylic acids is 1. The molecule has 0 saturated carbocycles. The summed E-state index contributed by atoms with van der Waals surface area (Å²) in [5.74, 6) is -0.0424. The second kappa shape index (κ2) is 8.79. The van der Waals surface area contributed by atoms with E-state index < -0.39 is 0 Å². The summed E-state index contributed by atoms with van der Waals surface area (Å²) < 4.78 is 5.25. The molecule has 1 aliphatic rings. The van der Waals surface area contributed by atoms with Crippen LogP contribution in [0.5, 0.6) is 0 Å². The van der Waals surface area contributed by atoms with E-state index in [4.69, 9.17) is 4.74 Å². The topological polar surface area (TPSA) is 63.2 Å². The molecule has 1 atom stereocenters. The minimum absolute atomic E-state index is 0. The van der Waals surface area contributed by atoms with E-state index in [0.29, 0.717) is 18.0 Å². The van der Waals surface area contributed by atoms with Crippen LogP contribution < -0.4 is 10.6 Å². The third-order valence-corrected chi connectivity index (χ3v) is 4.22. The van der Waals surface area contributed by atoms with Gasteiger partial charge in [-0.25, -0.2) is 4.98 Å². The average molecular weight is 342 g/mol. The molecule has 8 heteroatoms. The molecule has 2 N–H and O–H groups in total. The Kier molecular flexibility index (Phi) is 8.62. The third kappa shape index (κ3) is 4.56. The molecule has 2 heterocycles. The normalized spacial score (nSPS) is 20.9. The lowest BCUT2D eigenvalue weighted by Crippen LogP contribution is -2.52. The van der Waals surface area contributed by atoms with E-state index in [1.165, 1.54) is 11.3 Å². The van der Waals surface area contributed by atoms with Crippen LogP contribution in [0.2, 0.25) is 0 Å². The first-order chi connectivity index (χ1) is 8.67. The Morgan fingerprint density at radius 1 is 1.60 bits per heavy atom. The number of hydrogen-bond donors (Lipinski definition) is 2. The predicted octanol–water partition coefficient (Wildman–Crippen LogP) is 1.79. The highest BCUT2D eigenvalue weighted by Crippen LogP contribution is 2.19. The van der Waals surface area contributed by atoms with E-state index in [9.17, 15) is 4.79 Å². The van der Waals surface area contributed by atoms with Crippen LogP contribution in [-0.4, -0.2) is 43.2 Å². The standard InChI is InChI=1S/C12H19N3O2S.2ClH/c1-9-10(18-8-14-9)11(16)13-6-12(7-17-2)4-3-5-15-12;;/h8,15H,3-7H2,1-2H3,(H,13,16);2*1H. The number of hydrogen-bond acceptors (Lipinski definition) is 5. The molecule has 1 aliphatic heterocycles. The molecular formula is C12H21Cl2N3O2S. The van der Waals surface area contributed by atoms with Gasteiger partial charge < -0.3 is 15.4 Å². The fourth-order valence-electron chi connectivity index (χ4n) is 2.32. The monoisotopic (exact) mass is 341 g/mol. The highest BCUT2D eigenvalue weighted by atomic mass is 35.5. The number of carbonyl (C=O) groups is 1. The summed E-state index contributed by atoms with van der Waals surface area (Å²) in [5.41, 5.74) is 2.38. The Bertz CT molecular complexity index is 423. The van der Waals surface area contributed by atoms with Crippen molar-refractivity contribution < 1.29 is 9.53 Å². The van der Waals surface area contributed by atoms with Gasteiger partial charge in [-0.05, 0) is 26.3 Å². The first-order valence-corrected chi connectivity index (χ1v) is 6.97. The largest absolute Gasteiger partial charge is 0.383 e. The molecule has 1 unspecified atom stereocenters. The summed E-state index contributed by atoms with van der Waals surface area (Å²) in [6, 6.07) is 0. The van der Waals surface area contributed by atoms with Gasteiger partial charge in [-0.1, -0.05) is 0 Å². The fourth-order valence-corrected chi connectivity index (χ4v) is 3.04. The van der Waals surface area contributed by atoms with Crippen LogP contribution in [0, 0.1) is 6.92 Å². The minimum Gasteiger partial charge on any atom is -0.383 e. The van der Waals surface area contributed by atoms with E-state index >= 15 is 0 Å². The molecule has 0 aromatic carbocycles. The van der Waals surface area contributed by atoms with Crippen molar-refractivity contribution in [1.29, 1.82) is 0 Å². The van der Waals surface area contributed by atoms with Crippen molar-refractivity contribution in [2.75, 3.05) is 26.8 Å². The number of halogens is 2. The van der Waals surface area contributed by atoms with Gasteiger partial charge in [0.15, 0.2) is 0 Å². The van der Waals surface area contributed by atoms with Crippen LogP contribution in [-0.2, 0) is 4.74 Å². The lowest BCUT2D eigenvalue weighted by atomic mass is 9.98. The Morgan fingerprint density at radius 2 is 2.35 bits per heavy atom. The minimum atomic E-state index is -0.108. The van der Waals surface area contributed by atoms with E-state index in [2.05, 4.69) is 15.6 Å². The van der Waals surface area contributed by atoms with Crippen LogP contribution in [0.1, 0.15) is 28.2 Å². The number of methoxy groups -OCH3 is 1. The fraction of sp³-hybridized carbons (Fsp3) is 0.667. The Balaban J connectivity index is 0.00000180. The summed E-state index contributed by atoms with van der Waals surface area (Å²) in [5, 5.41) is 6.42. The molecule has 0 aliphatic carbocycles. The summed E-state index contributed by atoms with van der Waals surface area (Å²) in [6.45, 7) is 4.05. The average Bonchev–Trinajstić information content (AvgIpc) is 2.97.